The van der Waals surface area contributed by atoms with Crippen LogP contribution < -0.4 is 4.74 Å². The molecule has 0 amide bonds. The molecule has 1 aliphatic rings. The minimum Gasteiger partial charge on any atom is -0.495 e. The van der Waals surface area contributed by atoms with E-state index in [-0.39, 0.29) is 0 Å². The topological polar surface area (TPSA) is 12.5 Å². The lowest BCUT2D eigenvalue weighted by Gasteiger charge is -2.36. The number of hydrogen-bond donors (Lipinski definition) is 0. The summed E-state index contributed by atoms with van der Waals surface area (Å²) in [6.07, 6.45) is 2.16. The van der Waals surface area contributed by atoms with Crippen molar-refractivity contribution in [3.05, 3.63) is 64.2 Å². The van der Waals surface area contributed by atoms with Crippen molar-refractivity contribution >= 4 is 11.6 Å². The molecule has 1 aliphatic carbocycles. The minimum absolute atomic E-state index is 0.392. The molecular weight excluding hydrogens is 294 g/mol. The lowest BCUT2D eigenvalue weighted by Crippen LogP contribution is -2.35. The number of halogens is 1. The van der Waals surface area contributed by atoms with Gasteiger partial charge in [0.1, 0.15) is 5.75 Å². The maximum absolute atomic E-state index is 6.34. The van der Waals surface area contributed by atoms with Crippen LogP contribution in [0.4, 0.5) is 0 Å². The first kappa shape index (κ1) is 15.4. The average Bonchev–Trinajstić information content (AvgIpc) is 2.53. The molecule has 0 saturated carbocycles. The van der Waals surface area contributed by atoms with Gasteiger partial charge in [-0.05, 0) is 55.8 Å². The van der Waals surface area contributed by atoms with Gasteiger partial charge in [0.2, 0.25) is 0 Å². The highest BCUT2D eigenvalue weighted by atomic mass is 35.5. The van der Waals surface area contributed by atoms with Gasteiger partial charge < -0.3 is 9.64 Å². The SMILES string of the molecule is COc1cc2c(cc1Cl)C[C@@H](N(C)C)C[C@@H]2c1ccccc1. The first-order chi connectivity index (χ1) is 10.6. The Labute approximate surface area is 137 Å². The molecule has 0 bridgehead atoms. The number of benzene rings is 2. The van der Waals surface area contributed by atoms with Crippen LogP contribution in [0.3, 0.4) is 0 Å². The predicted octanol–water partition coefficient (Wildman–Crippen LogP) is 4.36. The zero-order chi connectivity index (χ0) is 15.7. The van der Waals surface area contributed by atoms with Crippen molar-refractivity contribution in [2.24, 2.45) is 0 Å². The van der Waals surface area contributed by atoms with E-state index in [0.717, 1.165) is 18.6 Å². The Morgan fingerprint density at radius 1 is 1.14 bits per heavy atom. The van der Waals surface area contributed by atoms with Gasteiger partial charge >= 0.3 is 0 Å². The summed E-state index contributed by atoms with van der Waals surface area (Å²) in [6, 6.07) is 15.5. The Balaban J connectivity index is 2.10. The van der Waals surface area contributed by atoms with Crippen molar-refractivity contribution in [1.29, 1.82) is 0 Å². The molecule has 3 heteroatoms. The van der Waals surface area contributed by atoms with Gasteiger partial charge in [0.25, 0.3) is 0 Å². The van der Waals surface area contributed by atoms with Crippen LogP contribution in [0.25, 0.3) is 0 Å². The second kappa shape index (κ2) is 6.31. The van der Waals surface area contributed by atoms with Gasteiger partial charge in [-0.2, -0.15) is 0 Å². The Morgan fingerprint density at radius 2 is 1.86 bits per heavy atom. The van der Waals surface area contributed by atoms with Gasteiger partial charge in [0, 0.05) is 12.0 Å². The molecule has 2 aromatic carbocycles. The maximum Gasteiger partial charge on any atom is 0.137 e. The third-order valence-corrected chi connectivity index (χ3v) is 4.98. The third kappa shape index (κ3) is 2.86. The fraction of sp³-hybridized carbons (Fsp3) is 0.368. The molecule has 2 atom stereocenters. The predicted molar refractivity (Wildman–Crippen MR) is 92.1 cm³/mol. The molecule has 0 saturated heterocycles. The molecule has 0 spiro atoms. The van der Waals surface area contributed by atoms with Crippen LogP contribution in [0, 0.1) is 0 Å². The van der Waals surface area contributed by atoms with Crippen LogP contribution in [0.15, 0.2) is 42.5 Å². The molecule has 0 unspecified atom stereocenters. The van der Waals surface area contributed by atoms with Crippen LogP contribution >= 0.6 is 11.6 Å². The van der Waals surface area contributed by atoms with Gasteiger partial charge in [-0.1, -0.05) is 41.9 Å². The smallest absolute Gasteiger partial charge is 0.137 e. The van der Waals surface area contributed by atoms with E-state index in [9.17, 15) is 0 Å². The fourth-order valence-corrected chi connectivity index (χ4v) is 3.66. The summed E-state index contributed by atoms with van der Waals surface area (Å²) >= 11 is 6.34. The highest BCUT2D eigenvalue weighted by Crippen LogP contribution is 2.41. The van der Waals surface area contributed by atoms with Gasteiger partial charge in [-0.25, -0.2) is 0 Å². The van der Waals surface area contributed by atoms with E-state index < -0.39 is 0 Å². The minimum atomic E-state index is 0.392. The van der Waals surface area contributed by atoms with Crippen LogP contribution in [-0.2, 0) is 6.42 Å². The van der Waals surface area contributed by atoms with E-state index in [2.05, 4.69) is 61.5 Å². The van der Waals surface area contributed by atoms with Crippen LogP contribution in [0.1, 0.15) is 29.0 Å². The van der Waals surface area contributed by atoms with E-state index in [1.165, 1.54) is 16.7 Å². The largest absolute Gasteiger partial charge is 0.495 e. The molecule has 0 aliphatic heterocycles. The Hall–Kier alpha value is -1.51. The monoisotopic (exact) mass is 315 g/mol. The van der Waals surface area contributed by atoms with Crippen molar-refractivity contribution < 1.29 is 4.74 Å². The number of hydrogen-bond acceptors (Lipinski definition) is 2. The summed E-state index contributed by atoms with van der Waals surface area (Å²) in [6.45, 7) is 0. The quantitative estimate of drug-likeness (QED) is 0.834. The second-order valence-electron chi connectivity index (χ2n) is 6.21. The molecule has 2 nitrogen and oxygen atoms in total. The Bertz CT molecular complexity index is 654. The highest BCUT2D eigenvalue weighted by Gasteiger charge is 2.30. The Morgan fingerprint density at radius 3 is 2.50 bits per heavy atom. The van der Waals surface area contributed by atoms with Crippen molar-refractivity contribution in [3.63, 3.8) is 0 Å². The molecule has 0 aromatic heterocycles. The summed E-state index contributed by atoms with van der Waals surface area (Å²) in [5.41, 5.74) is 4.05. The summed E-state index contributed by atoms with van der Waals surface area (Å²) in [7, 11) is 5.99. The average molecular weight is 316 g/mol. The molecule has 2 aromatic rings. The van der Waals surface area contributed by atoms with Gasteiger partial charge in [0.05, 0.1) is 12.1 Å². The van der Waals surface area contributed by atoms with E-state index in [1.807, 2.05) is 0 Å². The fourth-order valence-electron chi connectivity index (χ4n) is 3.40. The number of nitrogens with zero attached hydrogens (tertiary/aromatic N) is 1. The normalized spacial score (nSPS) is 20.8. The molecule has 0 radical (unpaired) electrons. The van der Waals surface area contributed by atoms with Crippen molar-refractivity contribution in [1.82, 2.24) is 4.90 Å². The van der Waals surface area contributed by atoms with E-state index in [0.29, 0.717) is 17.0 Å². The summed E-state index contributed by atoms with van der Waals surface area (Å²) in [5, 5.41) is 0.701. The molecule has 0 fully saturated rings. The van der Waals surface area contributed by atoms with Gasteiger partial charge in [0.15, 0.2) is 0 Å². The van der Waals surface area contributed by atoms with E-state index in [4.69, 9.17) is 16.3 Å². The van der Waals surface area contributed by atoms with Crippen LogP contribution in [-0.4, -0.2) is 32.1 Å². The van der Waals surface area contributed by atoms with Crippen LogP contribution in [0.2, 0.25) is 5.02 Å². The lowest BCUT2D eigenvalue weighted by molar-refractivity contribution is 0.258. The molecule has 0 heterocycles. The second-order valence-corrected chi connectivity index (χ2v) is 6.61. The maximum atomic E-state index is 6.34. The van der Waals surface area contributed by atoms with E-state index >= 15 is 0 Å². The number of methoxy groups -OCH3 is 1. The molecule has 22 heavy (non-hydrogen) atoms. The Kier molecular flexibility index (Phi) is 4.42. The van der Waals surface area contributed by atoms with Crippen molar-refractivity contribution in [2.45, 2.75) is 24.8 Å². The van der Waals surface area contributed by atoms with Crippen molar-refractivity contribution in [2.75, 3.05) is 21.2 Å². The lowest BCUT2D eigenvalue weighted by atomic mass is 9.76. The van der Waals surface area contributed by atoms with Gasteiger partial charge in [-0.15, -0.1) is 0 Å². The third-order valence-electron chi connectivity index (χ3n) is 4.68. The summed E-state index contributed by atoms with van der Waals surface area (Å²) in [5.74, 6) is 1.16. The molecular formula is C19H22ClNO. The highest BCUT2D eigenvalue weighted by molar-refractivity contribution is 6.32. The number of likely N-dealkylation sites (N-methyl/N-ethyl adjacent to an activating group) is 1. The molecule has 0 N–H and O–H groups in total. The van der Waals surface area contributed by atoms with Gasteiger partial charge in [-0.3, -0.25) is 0 Å². The first-order valence-electron chi connectivity index (χ1n) is 7.68. The zero-order valence-electron chi connectivity index (χ0n) is 13.3. The van der Waals surface area contributed by atoms with Crippen LogP contribution in [0.5, 0.6) is 5.75 Å². The number of rotatable bonds is 3. The molecule has 116 valence electrons. The first-order valence-corrected chi connectivity index (χ1v) is 8.05. The zero-order valence-corrected chi connectivity index (χ0v) is 14.1. The summed E-state index contributed by atoms with van der Waals surface area (Å²) in [4.78, 5) is 2.32. The van der Waals surface area contributed by atoms with Crippen molar-refractivity contribution in [3.8, 4) is 5.75 Å². The molecule has 3 rings (SSSR count). The summed E-state index contributed by atoms with van der Waals surface area (Å²) < 4.78 is 5.43. The number of ether oxygens (including phenoxy) is 1. The standard InChI is InChI=1S/C19H22ClNO/c1-21(2)15-9-14-10-18(20)19(22-3)12-17(14)16(11-15)13-7-5-4-6-8-13/h4-8,10,12,15-16H,9,11H2,1-3H3/t15-,16-/m1/s1. The number of fused-ring (bicyclic) bond motifs is 1. The van der Waals surface area contributed by atoms with E-state index in [1.54, 1.807) is 7.11 Å².